The molecule has 2 atom stereocenters. The Labute approximate surface area is 136 Å². The number of hydrogen-bond acceptors (Lipinski definition) is 5. The molecule has 3 rings (SSSR count). The Balaban J connectivity index is 1.81. The van der Waals surface area contributed by atoms with Gasteiger partial charge >= 0.3 is 6.03 Å². The number of fused-ring (bicyclic) bond motifs is 1. The van der Waals surface area contributed by atoms with Crippen LogP contribution >= 0.6 is 0 Å². The van der Waals surface area contributed by atoms with Gasteiger partial charge in [-0.25, -0.2) is 10.2 Å². The first-order valence-corrected chi connectivity index (χ1v) is 7.70. The molecular weight excluding hydrogens is 294 g/mol. The maximum Gasteiger partial charge on any atom is 0.340 e. The second-order valence-electron chi connectivity index (χ2n) is 6.30. The Kier molecular flexibility index (Phi) is 4.09. The first kappa shape index (κ1) is 15.9. The highest BCUT2D eigenvalue weighted by Crippen LogP contribution is 2.25. The van der Waals surface area contributed by atoms with Crippen LogP contribution in [0.15, 0.2) is 24.3 Å². The smallest absolute Gasteiger partial charge is 0.286 e. The molecule has 2 unspecified atom stereocenters. The molecule has 1 N–H and O–H groups in total. The minimum Gasteiger partial charge on any atom is -0.286 e. The van der Waals surface area contributed by atoms with E-state index in [9.17, 15) is 9.59 Å². The topological polar surface area (TPSA) is 59.1 Å². The third kappa shape index (κ3) is 2.71. The fraction of sp³-hybridized carbons (Fsp3) is 0.500. The number of hydrogen-bond donors (Lipinski definition) is 1. The van der Waals surface area contributed by atoms with Gasteiger partial charge in [-0.05, 0) is 25.2 Å². The second kappa shape index (κ2) is 5.92. The number of urea groups is 1. The van der Waals surface area contributed by atoms with Gasteiger partial charge in [0.25, 0.3) is 5.91 Å². The predicted molar refractivity (Wildman–Crippen MR) is 86.0 cm³/mol. The van der Waals surface area contributed by atoms with Crippen molar-refractivity contribution < 1.29 is 9.59 Å². The van der Waals surface area contributed by atoms with Gasteiger partial charge in [-0.1, -0.05) is 24.3 Å². The first-order valence-electron chi connectivity index (χ1n) is 7.70. The van der Waals surface area contributed by atoms with Crippen LogP contribution in [0.25, 0.3) is 0 Å². The second-order valence-corrected chi connectivity index (χ2v) is 6.30. The van der Waals surface area contributed by atoms with Crippen LogP contribution in [0.5, 0.6) is 0 Å². The van der Waals surface area contributed by atoms with Gasteiger partial charge in [0, 0.05) is 27.1 Å². The van der Waals surface area contributed by atoms with Crippen molar-refractivity contribution in [3.05, 3.63) is 35.4 Å². The highest BCUT2D eigenvalue weighted by molar-refractivity contribution is 5.98. The van der Waals surface area contributed by atoms with Crippen LogP contribution in [0.3, 0.4) is 0 Å². The van der Waals surface area contributed by atoms with Crippen LogP contribution < -0.4 is 5.43 Å². The molecule has 0 spiro atoms. The molecule has 7 nitrogen and oxygen atoms in total. The lowest BCUT2D eigenvalue weighted by Crippen LogP contribution is -2.70. The Bertz CT molecular complexity index is 635. The van der Waals surface area contributed by atoms with E-state index in [4.69, 9.17) is 0 Å². The van der Waals surface area contributed by atoms with E-state index in [0.29, 0.717) is 0 Å². The number of carbonyl (C=O) groups excluding carboxylic acids is 2. The van der Waals surface area contributed by atoms with Crippen LogP contribution in [0.1, 0.15) is 11.1 Å². The molecule has 0 bridgehead atoms. The zero-order valence-electron chi connectivity index (χ0n) is 14.0. The molecule has 124 valence electrons. The van der Waals surface area contributed by atoms with Gasteiger partial charge in [-0.3, -0.25) is 24.5 Å². The molecule has 7 heteroatoms. The number of rotatable bonds is 2. The largest absolute Gasteiger partial charge is 0.340 e. The lowest BCUT2D eigenvalue weighted by atomic mass is 9.97. The molecule has 1 aromatic rings. The van der Waals surface area contributed by atoms with Crippen molar-refractivity contribution in [2.45, 2.75) is 25.3 Å². The van der Waals surface area contributed by atoms with Gasteiger partial charge in [0.15, 0.2) is 6.17 Å². The molecule has 2 aliphatic rings. The molecular formula is C16H23N5O2. The molecule has 1 saturated heterocycles. The average molecular weight is 317 g/mol. The Morgan fingerprint density at radius 3 is 2.48 bits per heavy atom. The fourth-order valence-corrected chi connectivity index (χ4v) is 3.33. The van der Waals surface area contributed by atoms with Gasteiger partial charge < -0.3 is 0 Å². The molecule has 1 aromatic carbocycles. The minimum atomic E-state index is -0.555. The van der Waals surface area contributed by atoms with Crippen LogP contribution in [0.4, 0.5) is 4.79 Å². The van der Waals surface area contributed by atoms with Crippen molar-refractivity contribution in [2.75, 3.05) is 28.2 Å². The first-order chi connectivity index (χ1) is 10.9. The summed E-state index contributed by atoms with van der Waals surface area (Å²) in [6, 6.07) is 8.04. The Morgan fingerprint density at radius 2 is 1.78 bits per heavy atom. The Morgan fingerprint density at radius 1 is 1.13 bits per heavy atom. The highest BCUT2D eigenvalue weighted by atomic mass is 16.2. The number of likely N-dealkylation sites (N-methyl/N-ethyl adjacent to an activating group) is 3. The van der Waals surface area contributed by atoms with Gasteiger partial charge in [0.1, 0.15) is 0 Å². The van der Waals surface area contributed by atoms with Gasteiger partial charge in [0.05, 0.1) is 6.17 Å². The van der Waals surface area contributed by atoms with E-state index in [-0.39, 0.29) is 18.1 Å². The summed E-state index contributed by atoms with van der Waals surface area (Å²) in [5, 5.41) is 1.36. The number of hydrazine groups is 1. The summed E-state index contributed by atoms with van der Waals surface area (Å²) in [5.41, 5.74) is 5.61. The molecule has 3 amide bonds. The summed E-state index contributed by atoms with van der Waals surface area (Å²) >= 11 is 0. The molecule has 1 fully saturated rings. The molecule has 0 aliphatic carbocycles. The molecule has 23 heavy (non-hydrogen) atoms. The molecule has 0 saturated carbocycles. The van der Waals surface area contributed by atoms with Gasteiger partial charge in [0.2, 0.25) is 0 Å². The van der Waals surface area contributed by atoms with Crippen LogP contribution in [0.2, 0.25) is 0 Å². The third-order valence-corrected chi connectivity index (χ3v) is 4.78. The third-order valence-electron chi connectivity index (χ3n) is 4.78. The van der Waals surface area contributed by atoms with Crippen molar-refractivity contribution in [3.8, 4) is 0 Å². The SMILES string of the molecule is CN1NC(N(C)C2Cc3ccccc3CN2C)C(=O)N(C)C1=O. The molecule has 0 aromatic heterocycles. The maximum absolute atomic E-state index is 12.5. The lowest BCUT2D eigenvalue weighted by Gasteiger charge is -2.46. The van der Waals surface area contributed by atoms with Crippen LogP contribution in [0, 0.1) is 0 Å². The average Bonchev–Trinajstić information content (AvgIpc) is 2.55. The number of nitrogens with zero attached hydrogens (tertiary/aromatic N) is 4. The van der Waals surface area contributed by atoms with E-state index in [0.717, 1.165) is 17.9 Å². The summed E-state index contributed by atoms with van der Waals surface area (Å²) in [7, 11) is 7.12. The van der Waals surface area contributed by atoms with Crippen LogP contribution in [-0.4, -0.2) is 72.2 Å². The maximum atomic E-state index is 12.5. The lowest BCUT2D eigenvalue weighted by molar-refractivity contribution is -0.143. The van der Waals surface area contributed by atoms with Crippen molar-refractivity contribution in [1.29, 1.82) is 0 Å². The number of amides is 3. The van der Waals surface area contributed by atoms with Crippen LogP contribution in [-0.2, 0) is 17.8 Å². The highest BCUT2D eigenvalue weighted by Gasteiger charge is 2.41. The summed E-state index contributed by atoms with van der Waals surface area (Å²) in [6.07, 6.45) is 0.373. The monoisotopic (exact) mass is 317 g/mol. The van der Waals surface area contributed by atoms with Gasteiger partial charge in [-0.15, -0.1) is 0 Å². The summed E-state index contributed by atoms with van der Waals surface area (Å²) in [5.74, 6) is -0.233. The number of carbonyl (C=O) groups is 2. The number of benzene rings is 1. The number of imide groups is 1. The summed E-state index contributed by atoms with van der Waals surface area (Å²) in [4.78, 5) is 29.7. The van der Waals surface area contributed by atoms with Crippen molar-refractivity contribution in [1.82, 2.24) is 25.1 Å². The fourth-order valence-electron chi connectivity index (χ4n) is 3.33. The zero-order valence-corrected chi connectivity index (χ0v) is 14.0. The summed E-state index contributed by atoms with van der Waals surface area (Å²) < 4.78 is 0. The van der Waals surface area contributed by atoms with E-state index in [1.807, 2.05) is 18.0 Å². The molecule has 2 aliphatic heterocycles. The minimum absolute atomic E-state index is 0.0846. The summed E-state index contributed by atoms with van der Waals surface area (Å²) in [6.45, 7) is 0.844. The van der Waals surface area contributed by atoms with Crippen molar-refractivity contribution in [3.63, 3.8) is 0 Å². The van der Waals surface area contributed by atoms with E-state index in [1.54, 1.807) is 7.05 Å². The van der Waals surface area contributed by atoms with Gasteiger partial charge in [-0.2, -0.15) is 0 Å². The molecule has 0 radical (unpaired) electrons. The van der Waals surface area contributed by atoms with E-state index in [2.05, 4.69) is 35.6 Å². The predicted octanol–water partition coefficient (Wildman–Crippen LogP) is 0.287. The quantitative estimate of drug-likeness (QED) is 0.849. The zero-order chi connectivity index (χ0) is 16.7. The van der Waals surface area contributed by atoms with E-state index >= 15 is 0 Å². The normalized spacial score (nSPS) is 26.0. The van der Waals surface area contributed by atoms with Crippen molar-refractivity contribution >= 4 is 11.9 Å². The Hall–Kier alpha value is -1.96. The van der Waals surface area contributed by atoms with E-state index in [1.165, 1.54) is 23.2 Å². The number of nitrogens with one attached hydrogen (secondary N) is 1. The van der Waals surface area contributed by atoms with E-state index < -0.39 is 6.17 Å². The molecule has 2 heterocycles. The standard InChI is InChI=1S/C16H23N5O2/c1-18-10-12-8-6-5-7-11(12)9-13(18)19(2)14-15(22)20(3)16(23)21(4)17-14/h5-8,13-14,17H,9-10H2,1-4H3. The van der Waals surface area contributed by atoms with Crippen molar-refractivity contribution in [2.24, 2.45) is 0 Å².